The minimum Gasteiger partial charge on any atom is -0.406 e. The fourth-order valence-electron chi connectivity index (χ4n) is 4.50. The fourth-order valence-corrected chi connectivity index (χ4v) is 4.50. The maximum absolute atomic E-state index is 12.6. The quantitative estimate of drug-likeness (QED) is 0.458. The highest BCUT2D eigenvalue weighted by molar-refractivity contribution is 5.63. The standard InChI is InChI=1S/C27H30F3N3O/c1-18-14-22(15-19(2)20(18)3)26-16-21(8-13-32-26)17-33(24-9-11-31-12-10-24)23-4-6-25(7-5-23)34-27(28,29)30/h4-8,13-16,24,31H,9-12,17H2,1-3H3. The van der Waals surface area contributed by atoms with Crippen LogP contribution in [0.1, 0.15) is 35.1 Å². The molecule has 0 radical (unpaired) electrons. The van der Waals surface area contributed by atoms with Crippen LogP contribution < -0.4 is 15.0 Å². The topological polar surface area (TPSA) is 37.4 Å². The highest BCUT2D eigenvalue weighted by Gasteiger charge is 2.31. The van der Waals surface area contributed by atoms with E-state index < -0.39 is 6.36 Å². The molecule has 1 N–H and O–H groups in total. The lowest BCUT2D eigenvalue weighted by Crippen LogP contribution is -2.43. The summed E-state index contributed by atoms with van der Waals surface area (Å²) < 4.78 is 41.8. The third-order valence-corrected chi connectivity index (χ3v) is 6.55. The van der Waals surface area contributed by atoms with Crippen LogP contribution in [0.2, 0.25) is 0 Å². The summed E-state index contributed by atoms with van der Waals surface area (Å²) in [6.07, 6.45) is -0.934. The van der Waals surface area contributed by atoms with Gasteiger partial charge in [-0.1, -0.05) is 0 Å². The Labute approximate surface area is 198 Å². The molecular formula is C27H30F3N3O. The second kappa shape index (κ2) is 10.1. The molecule has 0 atom stereocenters. The monoisotopic (exact) mass is 469 g/mol. The van der Waals surface area contributed by atoms with Crippen LogP contribution in [0, 0.1) is 20.8 Å². The fraction of sp³-hybridized carbons (Fsp3) is 0.370. The number of hydrogen-bond donors (Lipinski definition) is 1. The zero-order valence-electron chi connectivity index (χ0n) is 19.7. The SMILES string of the molecule is Cc1cc(-c2cc(CN(c3ccc(OC(F)(F)F)cc3)C3CCNCC3)ccn2)cc(C)c1C. The Morgan fingerprint density at radius 3 is 2.24 bits per heavy atom. The van der Waals surface area contributed by atoms with Gasteiger partial charge in [0.25, 0.3) is 0 Å². The summed E-state index contributed by atoms with van der Waals surface area (Å²) in [5.41, 5.74) is 7.75. The smallest absolute Gasteiger partial charge is 0.406 e. The maximum atomic E-state index is 12.6. The molecular weight excluding hydrogens is 439 g/mol. The molecule has 0 aliphatic carbocycles. The number of piperidine rings is 1. The van der Waals surface area contributed by atoms with E-state index >= 15 is 0 Å². The van der Waals surface area contributed by atoms with Gasteiger partial charge in [-0.05, 0) is 117 Å². The molecule has 0 saturated carbocycles. The number of nitrogens with one attached hydrogen (secondary N) is 1. The van der Waals surface area contributed by atoms with Gasteiger partial charge in [-0.15, -0.1) is 13.2 Å². The van der Waals surface area contributed by atoms with Crippen LogP contribution in [0.5, 0.6) is 5.75 Å². The molecule has 34 heavy (non-hydrogen) atoms. The molecule has 0 unspecified atom stereocenters. The number of hydrogen-bond acceptors (Lipinski definition) is 4. The molecule has 1 aliphatic heterocycles. The molecule has 4 nitrogen and oxygen atoms in total. The number of halogens is 3. The van der Waals surface area contributed by atoms with E-state index in [4.69, 9.17) is 0 Å². The van der Waals surface area contributed by atoms with Crippen LogP contribution >= 0.6 is 0 Å². The number of aromatic nitrogens is 1. The molecule has 2 aromatic carbocycles. The minimum absolute atomic E-state index is 0.210. The van der Waals surface area contributed by atoms with Crippen molar-refractivity contribution in [3.63, 3.8) is 0 Å². The third kappa shape index (κ3) is 5.89. The first-order chi connectivity index (χ1) is 16.2. The first-order valence-electron chi connectivity index (χ1n) is 11.6. The number of rotatable bonds is 6. The Morgan fingerprint density at radius 2 is 1.62 bits per heavy atom. The summed E-state index contributed by atoms with van der Waals surface area (Å²) >= 11 is 0. The minimum atomic E-state index is -4.70. The van der Waals surface area contributed by atoms with Crippen molar-refractivity contribution < 1.29 is 17.9 Å². The molecule has 180 valence electrons. The lowest BCUT2D eigenvalue weighted by atomic mass is 9.98. The summed E-state index contributed by atoms with van der Waals surface area (Å²) in [4.78, 5) is 6.89. The van der Waals surface area contributed by atoms with Gasteiger partial charge < -0.3 is 15.0 Å². The van der Waals surface area contributed by atoms with Crippen molar-refractivity contribution in [1.29, 1.82) is 0 Å². The van der Waals surface area contributed by atoms with Crippen LogP contribution in [0.15, 0.2) is 54.7 Å². The van der Waals surface area contributed by atoms with Gasteiger partial charge in [-0.3, -0.25) is 4.98 Å². The number of ether oxygens (including phenoxy) is 1. The van der Waals surface area contributed by atoms with Gasteiger partial charge in [0.1, 0.15) is 5.75 Å². The van der Waals surface area contributed by atoms with E-state index in [1.165, 1.54) is 28.8 Å². The molecule has 1 aromatic heterocycles. The molecule has 1 fully saturated rings. The Kier molecular flexibility index (Phi) is 7.12. The van der Waals surface area contributed by atoms with E-state index in [9.17, 15) is 13.2 Å². The molecule has 0 spiro atoms. The summed E-state index contributed by atoms with van der Waals surface area (Å²) in [5, 5.41) is 3.38. The van der Waals surface area contributed by atoms with Gasteiger partial charge in [0, 0.05) is 30.0 Å². The summed E-state index contributed by atoms with van der Waals surface area (Å²) in [7, 11) is 0. The molecule has 0 amide bonds. The van der Waals surface area contributed by atoms with Crippen LogP contribution in [0.25, 0.3) is 11.3 Å². The predicted molar refractivity (Wildman–Crippen MR) is 129 cm³/mol. The number of anilines is 1. The highest BCUT2D eigenvalue weighted by Crippen LogP contribution is 2.30. The Balaban J connectivity index is 1.62. The number of benzene rings is 2. The lowest BCUT2D eigenvalue weighted by molar-refractivity contribution is -0.274. The van der Waals surface area contributed by atoms with Crippen molar-refractivity contribution in [2.75, 3.05) is 18.0 Å². The zero-order chi connectivity index (χ0) is 24.3. The number of nitrogens with zero attached hydrogens (tertiary/aromatic N) is 2. The second-order valence-corrected chi connectivity index (χ2v) is 8.94. The van der Waals surface area contributed by atoms with Crippen LogP contribution in [0.3, 0.4) is 0 Å². The summed E-state index contributed by atoms with van der Waals surface area (Å²) in [6.45, 7) is 8.82. The van der Waals surface area contributed by atoms with E-state index in [1.807, 2.05) is 12.3 Å². The van der Waals surface area contributed by atoms with Crippen molar-refractivity contribution in [3.8, 4) is 17.0 Å². The van der Waals surface area contributed by atoms with E-state index in [1.54, 1.807) is 12.1 Å². The van der Waals surface area contributed by atoms with Crippen molar-refractivity contribution >= 4 is 5.69 Å². The van der Waals surface area contributed by atoms with Crippen molar-refractivity contribution in [1.82, 2.24) is 10.3 Å². The Bertz CT molecular complexity index is 1100. The average Bonchev–Trinajstić information content (AvgIpc) is 2.81. The Hall–Kier alpha value is -3.06. The van der Waals surface area contributed by atoms with Crippen LogP contribution in [0.4, 0.5) is 18.9 Å². The Morgan fingerprint density at radius 1 is 0.971 bits per heavy atom. The van der Waals surface area contributed by atoms with Crippen LogP contribution in [-0.2, 0) is 6.54 Å². The van der Waals surface area contributed by atoms with E-state index in [2.05, 4.69) is 58.9 Å². The molecule has 4 rings (SSSR count). The van der Waals surface area contributed by atoms with E-state index in [-0.39, 0.29) is 11.8 Å². The number of pyridine rings is 1. The van der Waals surface area contributed by atoms with Crippen molar-refractivity contribution in [3.05, 3.63) is 77.0 Å². The van der Waals surface area contributed by atoms with Gasteiger partial charge in [0.15, 0.2) is 0 Å². The van der Waals surface area contributed by atoms with Crippen molar-refractivity contribution in [2.24, 2.45) is 0 Å². The van der Waals surface area contributed by atoms with Crippen molar-refractivity contribution in [2.45, 2.75) is 52.6 Å². The maximum Gasteiger partial charge on any atom is 0.573 e. The zero-order valence-corrected chi connectivity index (χ0v) is 19.7. The number of aryl methyl sites for hydroxylation is 2. The third-order valence-electron chi connectivity index (χ3n) is 6.55. The molecule has 1 saturated heterocycles. The highest BCUT2D eigenvalue weighted by atomic mass is 19.4. The van der Waals surface area contributed by atoms with Gasteiger partial charge in [-0.25, -0.2) is 0 Å². The van der Waals surface area contributed by atoms with Gasteiger partial charge in [0.2, 0.25) is 0 Å². The first-order valence-corrected chi connectivity index (χ1v) is 11.6. The van der Waals surface area contributed by atoms with Crippen LogP contribution in [-0.4, -0.2) is 30.5 Å². The average molecular weight is 470 g/mol. The van der Waals surface area contributed by atoms with E-state index in [0.29, 0.717) is 6.54 Å². The predicted octanol–water partition coefficient (Wildman–Crippen LogP) is 6.33. The van der Waals surface area contributed by atoms with Gasteiger partial charge in [0.05, 0.1) is 5.69 Å². The molecule has 2 heterocycles. The largest absolute Gasteiger partial charge is 0.573 e. The molecule has 1 aliphatic rings. The molecule has 0 bridgehead atoms. The van der Waals surface area contributed by atoms with Gasteiger partial charge in [-0.2, -0.15) is 0 Å². The second-order valence-electron chi connectivity index (χ2n) is 8.94. The van der Waals surface area contributed by atoms with Gasteiger partial charge >= 0.3 is 6.36 Å². The summed E-state index contributed by atoms with van der Waals surface area (Å²) in [6, 6.07) is 14.9. The van der Waals surface area contributed by atoms with E-state index in [0.717, 1.165) is 48.4 Å². The first kappa shape index (κ1) is 24.1. The summed E-state index contributed by atoms with van der Waals surface area (Å²) in [5.74, 6) is -0.210. The normalized spacial score (nSPS) is 14.8. The molecule has 3 aromatic rings. The molecule has 7 heteroatoms. The lowest BCUT2D eigenvalue weighted by Gasteiger charge is -2.36. The number of alkyl halides is 3.